The number of hydrogen-bond donors (Lipinski definition) is 1. The van der Waals surface area contributed by atoms with Crippen molar-refractivity contribution in [1.29, 1.82) is 0 Å². The zero-order valence-electron chi connectivity index (χ0n) is 14.8. The maximum Gasteiger partial charge on any atom is 0.309 e. The summed E-state index contributed by atoms with van der Waals surface area (Å²) in [4.78, 5) is 23.2. The van der Waals surface area contributed by atoms with Gasteiger partial charge in [0.05, 0.1) is 24.7 Å². The van der Waals surface area contributed by atoms with Gasteiger partial charge in [0.15, 0.2) is 0 Å². The second-order valence-corrected chi connectivity index (χ2v) is 8.38. The van der Waals surface area contributed by atoms with Crippen LogP contribution in [0, 0.1) is 5.92 Å². The second kappa shape index (κ2) is 9.68. The zero-order valence-corrected chi connectivity index (χ0v) is 15.7. The highest BCUT2D eigenvalue weighted by Gasteiger charge is 2.34. The van der Waals surface area contributed by atoms with Crippen LogP contribution in [0.15, 0.2) is 30.3 Å². The number of rotatable bonds is 8. The molecule has 0 atom stereocenters. The highest BCUT2D eigenvalue weighted by Crippen LogP contribution is 2.29. The normalized spacial score (nSPS) is 20.3. The van der Waals surface area contributed by atoms with E-state index in [1.807, 2.05) is 30.3 Å². The lowest BCUT2D eigenvalue weighted by Gasteiger charge is -2.27. The molecule has 0 radical (unpaired) electrons. The molecule has 0 aliphatic heterocycles. The third-order valence-corrected chi connectivity index (χ3v) is 6.49. The lowest BCUT2D eigenvalue weighted by molar-refractivity contribution is -0.151. The van der Waals surface area contributed by atoms with Gasteiger partial charge in [-0.1, -0.05) is 30.3 Å². The van der Waals surface area contributed by atoms with Crippen LogP contribution in [0.2, 0.25) is 0 Å². The monoisotopic (exact) mass is 383 g/mol. The molecule has 0 aromatic heterocycles. The molecule has 0 amide bonds. The Kier molecular flexibility index (Phi) is 7.59. The Morgan fingerprint density at radius 3 is 2.38 bits per heavy atom. The average molecular weight is 383 g/mol. The molecule has 1 aromatic carbocycles. The Morgan fingerprint density at radius 1 is 1.12 bits per heavy atom. The van der Waals surface area contributed by atoms with E-state index in [0.717, 1.165) is 5.56 Å². The van der Waals surface area contributed by atoms with Gasteiger partial charge in [-0.3, -0.25) is 9.59 Å². The van der Waals surface area contributed by atoms with Crippen molar-refractivity contribution in [1.82, 2.24) is 4.72 Å². The molecule has 0 spiro atoms. The van der Waals surface area contributed by atoms with Crippen LogP contribution in [0.4, 0.5) is 0 Å². The van der Waals surface area contributed by atoms with Gasteiger partial charge in [-0.2, -0.15) is 0 Å². The molecule has 8 heteroatoms. The van der Waals surface area contributed by atoms with Crippen LogP contribution in [0.3, 0.4) is 0 Å². The molecule has 2 rings (SSSR count). The summed E-state index contributed by atoms with van der Waals surface area (Å²) >= 11 is 0. The highest BCUT2D eigenvalue weighted by molar-refractivity contribution is 7.90. The van der Waals surface area contributed by atoms with Gasteiger partial charge in [0, 0.05) is 6.54 Å². The molecular formula is C18H25NO6S. The van der Waals surface area contributed by atoms with Crippen molar-refractivity contribution in [2.24, 2.45) is 5.92 Å². The lowest BCUT2D eigenvalue weighted by Crippen LogP contribution is -2.39. The minimum atomic E-state index is -3.50. The minimum absolute atomic E-state index is 0.00309. The maximum atomic E-state index is 12.3. The molecule has 1 aliphatic carbocycles. The van der Waals surface area contributed by atoms with Crippen LogP contribution in [0.1, 0.15) is 37.7 Å². The number of nitrogens with one attached hydrogen (secondary N) is 1. The van der Waals surface area contributed by atoms with E-state index in [9.17, 15) is 18.0 Å². The van der Waals surface area contributed by atoms with Crippen molar-refractivity contribution >= 4 is 22.0 Å². The lowest BCUT2D eigenvalue weighted by atomic mass is 9.89. The minimum Gasteiger partial charge on any atom is -0.469 e. The molecule has 0 unspecified atom stereocenters. The molecular weight excluding hydrogens is 358 g/mol. The second-order valence-electron chi connectivity index (χ2n) is 6.33. The number of sulfonamides is 1. The number of esters is 2. The Morgan fingerprint density at radius 2 is 1.77 bits per heavy atom. The van der Waals surface area contributed by atoms with Crippen LogP contribution < -0.4 is 4.72 Å². The van der Waals surface area contributed by atoms with E-state index < -0.39 is 21.2 Å². The summed E-state index contributed by atoms with van der Waals surface area (Å²) in [6.45, 7) is 0.251. The molecule has 26 heavy (non-hydrogen) atoms. The van der Waals surface area contributed by atoms with Gasteiger partial charge in [0.1, 0.15) is 6.61 Å². The molecule has 1 fully saturated rings. The Bertz CT molecular complexity index is 696. The average Bonchev–Trinajstić information content (AvgIpc) is 2.66. The van der Waals surface area contributed by atoms with Gasteiger partial charge in [0.25, 0.3) is 0 Å². The first-order valence-electron chi connectivity index (χ1n) is 8.68. The van der Waals surface area contributed by atoms with Crippen molar-refractivity contribution in [3.05, 3.63) is 35.9 Å². The van der Waals surface area contributed by atoms with Gasteiger partial charge in [-0.15, -0.1) is 0 Å². The van der Waals surface area contributed by atoms with Gasteiger partial charge < -0.3 is 9.47 Å². The van der Waals surface area contributed by atoms with Crippen LogP contribution in [0.5, 0.6) is 0 Å². The van der Waals surface area contributed by atoms with Crippen LogP contribution in [-0.2, 0) is 35.7 Å². The van der Waals surface area contributed by atoms with E-state index in [1.54, 1.807) is 0 Å². The van der Waals surface area contributed by atoms with E-state index >= 15 is 0 Å². The Hall–Kier alpha value is -1.93. The van der Waals surface area contributed by atoms with E-state index in [4.69, 9.17) is 4.74 Å². The first kappa shape index (κ1) is 20.4. The molecule has 1 aliphatic rings. The molecule has 0 bridgehead atoms. The first-order valence-corrected chi connectivity index (χ1v) is 10.2. The fourth-order valence-electron chi connectivity index (χ4n) is 2.97. The highest BCUT2D eigenvalue weighted by atomic mass is 32.2. The van der Waals surface area contributed by atoms with E-state index in [1.165, 1.54) is 7.11 Å². The predicted molar refractivity (Wildman–Crippen MR) is 95.5 cm³/mol. The number of methoxy groups -OCH3 is 1. The largest absolute Gasteiger partial charge is 0.469 e. The van der Waals surface area contributed by atoms with Crippen LogP contribution in [0.25, 0.3) is 0 Å². The van der Waals surface area contributed by atoms with Crippen molar-refractivity contribution in [2.75, 3.05) is 13.7 Å². The molecule has 1 N–H and O–H groups in total. The molecule has 1 aromatic rings. The van der Waals surface area contributed by atoms with Crippen molar-refractivity contribution in [2.45, 2.75) is 44.0 Å². The quantitative estimate of drug-likeness (QED) is 0.687. The summed E-state index contributed by atoms with van der Waals surface area (Å²) in [7, 11) is -2.24. The Balaban J connectivity index is 1.75. The summed E-state index contributed by atoms with van der Waals surface area (Å²) in [6, 6.07) is 9.43. The predicted octanol–water partition coefficient (Wildman–Crippen LogP) is 1.77. The summed E-state index contributed by atoms with van der Waals surface area (Å²) in [5, 5.41) is -0.543. The molecule has 0 heterocycles. The standard InChI is InChI=1S/C18H25NO6S/c1-24-17(20)11-12-19-26(22,23)16-9-7-15(8-10-16)18(21)25-13-14-5-3-2-4-6-14/h2-6,15-16,19H,7-13H2,1H3. The van der Waals surface area contributed by atoms with Gasteiger partial charge >= 0.3 is 11.9 Å². The molecule has 7 nitrogen and oxygen atoms in total. The number of carbonyl (C=O) groups is 2. The fraction of sp³-hybridized carbons (Fsp3) is 0.556. The molecule has 1 saturated carbocycles. The van der Waals surface area contributed by atoms with Crippen molar-refractivity contribution in [3.63, 3.8) is 0 Å². The fourth-order valence-corrected chi connectivity index (χ4v) is 4.49. The zero-order chi connectivity index (χ0) is 19.0. The maximum absolute atomic E-state index is 12.3. The summed E-state index contributed by atoms with van der Waals surface area (Å²) in [5.74, 6) is -0.999. The third-order valence-electron chi connectivity index (χ3n) is 4.53. The number of benzene rings is 1. The number of ether oxygens (including phenoxy) is 2. The van der Waals surface area contributed by atoms with Gasteiger partial charge in [-0.25, -0.2) is 13.1 Å². The number of carbonyl (C=O) groups excluding carboxylic acids is 2. The van der Waals surface area contributed by atoms with E-state index in [0.29, 0.717) is 25.7 Å². The van der Waals surface area contributed by atoms with Crippen LogP contribution in [-0.4, -0.2) is 39.3 Å². The van der Waals surface area contributed by atoms with E-state index in [-0.39, 0.29) is 31.5 Å². The molecule has 144 valence electrons. The number of hydrogen-bond acceptors (Lipinski definition) is 6. The van der Waals surface area contributed by atoms with Crippen molar-refractivity contribution < 1.29 is 27.5 Å². The van der Waals surface area contributed by atoms with Gasteiger partial charge in [-0.05, 0) is 31.2 Å². The summed E-state index contributed by atoms with van der Waals surface area (Å²) < 4.78 is 36.8. The van der Waals surface area contributed by atoms with Crippen LogP contribution >= 0.6 is 0 Å². The summed E-state index contributed by atoms with van der Waals surface area (Å²) in [5.41, 5.74) is 0.923. The van der Waals surface area contributed by atoms with Gasteiger partial charge in [0.2, 0.25) is 10.0 Å². The first-order chi connectivity index (χ1) is 12.4. The van der Waals surface area contributed by atoms with Crippen molar-refractivity contribution in [3.8, 4) is 0 Å². The summed E-state index contributed by atoms with van der Waals surface area (Å²) in [6.07, 6.45) is 1.76. The smallest absolute Gasteiger partial charge is 0.309 e. The third kappa shape index (κ3) is 6.10. The van der Waals surface area contributed by atoms with E-state index in [2.05, 4.69) is 9.46 Å². The molecule has 0 saturated heterocycles. The topological polar surface area (TPSA) is 98.8 Å². The SMILES string of the molecule is COC(=O)CCNS(=O)(=O)C1CCC(C(=O)OCc2ccccc2)CC1. The Labute approximate surface area is 154 Å².